The maximum absolute atomic E-state index is 14.7. The molecule has 0 unspecified atom stereocenters. The Balaban J connectivity index is 0.00000121. The second-order valence-electron chi connectivity index (χ2n) is 5.99. The van der Waals surface area contributed by atoms with Crippen LogP contribution in [0.25, 0.3) is 0 Å². The van der Waals surface area contributed by atoms with Crippen LogP contribution in [0.2, 0.25) is 0 Å². The summed E-state index contributed by atoms with van der Waals surface area (Å²) in [5.74, 6) is -0.173. The van der Waals surface area contributed by atoms with Crippen molar-refractivity contribution in [3.05, 3.63) is 46.8 Å². The van der Waals surface area contributed by atoms with Crippen LogP contribution >= 0.6 is 36.2 Å². The lowest BCUT2D eigenvalue weighted by Crippen LogP contribution is -2.50. The molecule has 140 valence electrons. The van der Waals surface area contributed by atoms with Crippen molar-refractivity contribution in [3.8, 4) is 0 Å². The Morgan fingerprint density at radius 1 is 1.19 bits per heavy atom. The lowest BCUT2D eigenvalue weighted by atomic mass is 9.93. The summed E-state index contributed by atoms with van der Waals surface area (Å²) in [6.07, 6.45) is 1.70. The number of amidine groups is 1. The third-order valence-corrected chi connectivity index (χ3v) is 5.15. The molecule has 3 heterocycles. The van der Waals surface area contributed by atoms with E-state index in [0.29, 0.717) is 22.0 Å². The molecule has 5 nitrogen and oxygen atoms in total. The van der Waals surface area contributed by atoms with E-state index in [2.05, 4.69) is 20.6 Å². The summed E-state index contributed by atoms with van der Waals surface area (Å²) in [6.45, 7) is 1.76. The first-order valence-electron chi connectivity index (χ1n) is 7.93. The molecule has 4 N–H and O–H groups in total. The fourth-order valence-corrected chi connectivity index (χ4v) is 3.82. The second kappa shape index (κ2) is 8.35. The van der Waals surface area contributed by atoms with Crippen molar-refractivity contribution in [2.45, 2.75) is 18.5 Å². The summed E-state index contributed by atoms with van der Waals surface area (Å²) < 4.78 is 14.7. The number of nitrogens with two attached hydrogens (primary N) is 1. The van der Waals surface area contributed by atoms with Gasteiger partial charge in [0.25, 0.3) is 0 Å². The highest BCUT2D eigenvalue weighted by Crippen LogP contribution is 2.34. The van der Waals surface area contributed by atoms with Gasteiger partial charge in [0.1, 0.15) is 16.5 Å². The maximum Gasteiger partial charge on any atom is 0.222 e. The first kappa shape index (κ1) is 20.6. The lowest BCUT2D eigenvalue weighted by Gasteiger charge is -2.39. The Labute approximate surface area is 167 Å². The van der Waals surface area contributed by atoms with E-state index in [-0.39, 0.29) is 30.5 Å². The van der Waals surface area contributed by atoms with Gasteiger partial charge in [0, 0.05) is 24.1 Å². The van der Waals surface area contributed by atoms with Gasteiger partial charge in [-0.05, 0) is 42.7 Å². The standard InChI is InChI=1S/C17H18FN5S.2ClH/c18-15(21-13-5-2-10-24-13)11-3-1-4-12-14(11)16(19)23-17(22-12)6-8-20-9-7-17;;/h1-5,10,20,22H,6-9H2,(H2,19,23);2*1H. The van der Waals surface area contributed by atoms with Gasteiger partial charge in [-0.15, -0.1) is 36.2 Å². The van der Waals surface area contributed by atoms with Gasteiger partial charge in [-0.1, -0.05) is 6.07 Å². The fraction of sp³-hybridized carbons (Fsp3) is 0.294. The van der Waals surface area contributed by atoms with Crippen molar-refractivity contribution < 1.29 is 4.39 Å². The van der Waals surface area contributed by atoms with E-state index < -0.39 is 5.97 Å². The molecule has 1 saturated heterocycles. The minimum Gasteiger partial charge on any atom is -0.383 e. The van der Waals surface area contributed by atoms with Crippen LogP contribution in [0.1, 0.15) is 24.0 Å². The van der Waals surface area contributed by atoms with E-state index in [1.54, 1.807) is 12.1 Å². The number of fused-ring (bicyclic) bond motifs is 1. The number of benzene rings is 1. The van der Waals surface area contributed by atoms with Gasteiger partial charge < -0.3 is 16.4 Å². The quantitative estimate of drug-likeness (QED) is 0.651. The van der Waals surface area contributed by atoms with Crippen molar-refractivity contribution in [2.24, 2.45) is 15.7 Å². The van der Waals surface area contributed by atoms with E-state index in [0.717, 1.165) is 31.6 Å². The van der Waals surface area contributed by atoms with Gasteiger partial charge in [0.15, 0.2) is 0 Å². The van der Waals surface area contributed by atoms with E-state index in [1.165, 1.54) is 11.3 Å². The van der Waals surface area contributed by atoms with Gasteiger partial charge in [-0.25, -0.2) is 9.98 Å². The molecule has 4 rings (SSSR count). The minimum atomic E-state index is -0.546. The summed E-state index contributed by atoms with van der Waals surface area (Å²) >= 11 is 1.39. The van der Waals surface area contributed by atoms with Crippen LogP contribution in [0.4, 0.5) is 15.1 Å². The molecular formula is C17H20Cl2FN5S. The highest BCUT2D eigenvalue weighted by Gasteiger charge is 2.36. The van der Waals surface area contributed by atoms with E-state index in [1.807, 2.05) is 23.6 Å². The minimum absolute atomic E-state index is 0. The number of piperidine rings is 1. The van der Waals surface area contributed by atoms with Crippen LogP contribution in [0.5, 0.6) is 0 Å². The normalized spacial score (nSPS) is 18.0. The topological polar surface area (TPSA) is 74.8 Å². The summed E-state index contributed by atoms with van der Waals surface area (Å²) in [5, 5.41) is 9.28. The van der Waals surface area contributed by atoms with Crippen LogP contribution in [0.15, 0.2) is 45.7 Å². The molecule has 2 aromatic rings. The Morgan fingerprint density at radius 2 is 1.96 bits per heavy atom. The third-order valence-electron chi connectivity index (χ3n) is 4.39. The van der Waals surface area contributed by atoms with E-state index in [9.17, 15) is 4.39 Å². The molecule has 1 aromatic carbocycles. The first-order chi connectivity index (χ1) is 11.7. The molecule has 2 aliphatic heterocycles. The number of thiophene rings is 1. The smallest absolute Gasteiger partial charge is 0.222 e. The maximum atomic E-state index is 14.7. The van der Waals surface area contributed by atoms with Crippen LogP contribution in [0, 0.1) is 0 Å². The number of halogens is 3. The van der Waals surface area contributed by atoms with E-state index in [4.69, 9.17) is 5.73 Å². The Bertz CT molecular complexity index is 817. The zero-order valence-electron chi connectivity index (χ0n) is 13.9. The van der Waals surface area contributed by atoms with Crippen LogP contribution in [-0.2, 0) is 0 Å². The summed E-state index contributed by atoms with van der Waals surface area (Å²) in [7, 11) is 0. The summed E-state index contributed by atoms with van der Waals surface area (Å²) in [4.78, 5) is 8.73. The van der Waals surface area contributed by atoms with Gasteiger partial charge >= 0.3 is 0 Å². The van der Waals surface area contributed by atoms with Crippen molar-refractivity contribution in [1.29, 1.82) is 0 Å². The van der Waals surface area contributed by atoms with Gasteiger partial charge in [0.2, 0.25) is 5.97 Å². The number of hydrogen-bond acceptors (Lipinski definition) is 6. The third kappa shape index (κ3) is 3.86. The zero-order valence-corrected chi connectivity index (χ0v) is 16.3. The Kier molecular flexibility index (Phi) is 6.63. The molecule has 1 spiro atoms. The highest BCUT2D eigenvalue weighted by molar-refractivity contribution is 7.13. The van der Waals surface area contributed by atoms with Crippen molar-refractivity contribution in [3.63, 3.8) is 0 Å². The van der Waals surface area contributed by atoms with Crippen LogP contribution in [-0.4, -0.2) is 30.6 Å². The number of nitrogens with zero attached hydrogens (tertiary/aromatic N) is 2. The van der Waals surface area contributed by atoms with Gasteiger partial charge in [-0.3, -0.25) is 0 Å². The number of rotatable bonds is 2. The first-order valence-corrected chi connectivity index (χ1v) is 8.81. The second-order valence-corrected chi connectivity index (χ2v) is 6.91. The highest BCUT2D eigenvalue weighted by atomic mass is 35.5. The largest absolute Gasteiger partial charge is 0.383 e. The molecule has 2 aliphatic rings. The average molecular weight is 416 g/mol. The predicted octanol–water partition coefficient (Wildman–Crippen LogP) is 3.85. The number of hydrogen-bond donors (Lipinski definition) is 3. The molecular weight excluding hydrogens is 396 g/mol. The fourth-order valence-electron chi connectivity index (χ4n) is 3.24. The van der Waals surface area contributed by atoms with Gasteiger partial charge in [-0.2, -0.15) is 4.39 Å². The summed E-state index contributed by atoms with van der Waals surface area (Å²) in [5.41, 5.74) is 7.64. The number of aliphatic imine (C=N–C) groups is 2. The molecule has 9 heteroatoms. The molecule has 1 aromatic heterocycles. The Hall–Kier alpha value is -1.67. The average Bonchev–Trinajstić information content (AvgIpc) is 3.07. The van der Waals surface area contributed by atoms with Crippen LogP contribution < -0.4 is 16.4 Å². The molecule has 0 bridgehead atoms. The molecule has 0 amide bonds. The molecule has 0 aliphatic carbocycles. The SMILES string of the molecule is Cl.Cl.NC1=NC2(CCNCC2)Nc2cccc(C(F)=Nc3cccs3)c21. The number of nitrogens with one attached hydrogen (secondary N) is 2. The molecule has 0 saturated carbocycles. The van der Waals surface area contributed by atoms with Gasteiger partial charge in [0.05, 0.1) is 5.56 Å². The molecule has 26 heavy (non-hydrogen) atoms. The Morgan fingerprint density at radius 3 is 2.65 bits per heavy atom. The molecule has 1 fully saturated rings. The monoisotopic (exact) mass is 415 g/mol. The van der Waals surface area contributed by atoms with E-state index >= 15 is 0 Å². The number of anilines is 1. The van der Waals surface area contributed by atoms with Crippen molar-refractivity contribution in [2.75, 3.05) is 18.4 Å². The molecule has 0 radical (unpaired) electrons. The van der Waals surface area contributed by atoms with Crippen molar-refractivity contribution >= 4 is 58.6 Å². The van der Waals surface area contributed by atoms with Crippen molar-refractivity contribution in [1.82, 2.24) is 5.32 Å². The lowest BCUT2D eigenvalue weighted by molar-refractivity contribution is 0.349. The summed E-state index contributed by atoms with van der Waals surface area (Å²) in [6, 6.07) is 9.05. The zero-order chi connectivity index (χ0) is 16.6. The predicted molar refractivity (Wildman–Crippen MR) is 112 cm³/mol. The van der Waals surface area contributed by atoms with Crippen LogP contribution in [0.3, 0.4) is 0 Å². The molecule has 0 atom stereocenters.